The number of hydrogen-bond donors (Lipinski definition) is 1. The molecule has 0 radical (unpaired) electrons. The molecule has 0 aliphatic rings. The lowest BCUT2D eigenvalue weighted by molar-refractivity contribution is -0.0158. The first-order valence-electron chi connectivity index (χ1n) is 4.88. The van der Waals surface area contributed by atoms with E-state index in [-0.39, 0.29) is 0 Å². The molecule has 0 aliphatic heterocycles. The van der Waals surface area contributed by atoms with Gasteiger partial charge in [0.1, 0.15) is 0 Å². The Morgan fingerprint density at radius 3 is 2.53 bits per heavy atom. The third kappa shape index (κ3) is 4.44. The Kier molecular flexibility index (Phi) is 4.79. The molecule has 1 rings (SSSR count). The normalized spacial score (nSPS) is 11.4. The summed E-state index contributed by atoms with van der Waals surface area (Å²) < 4.78 is 1.61. The lowest BCUT2D eigenvalue weighted by Crippen LogP contribution is -2.38. The number of hydrogen-bond acceptors (Lipinski definition) is 2. The van der Waals surface area contributed by atoms with Gasteiger partial charge < -0.3 is 5.11 Å². The molecule has 0 saturated heterocycles. The highest BCUT2D eigenvalue weighted by atomic mass is 127. The van der Waals surface area contributed by atoms with Crippen LogP contribution in [-0.2, 0) is 4.84 Å². The van der Waals surface area contributed by atoms with Crippen LogP contribution in [0.3, 0.4) is 0 Å². The lowest BCUT2D eigenvalue weighted by atomic mass is 10.2. The van der Waals surface area contributed by atoms with E-state index in [2.05, 4.69) is 38.5 Å². The molecule has 4 nitrogen and oxygen atoms in total. The van der Waals surface area contributed by atoms with E-state index >= 15 is 0 Å². The molecule has 1 aromatic carbocycles. The highest BCUT2D eigenvalue weighted by Gasteiger charge is 2.25. The van der Waals surface area contributed by atoms with Gasteiger partial charge in [0.25, 0.3) is 0 Å². The minimum absolute atomic E-state index is 0.502. The first-order chi connectivity index (χ1) is 7.70. The van der Waals surface area contributed by atoms with Gasteiger partial charge in [-0.15, -0.1) is 0 Å². The van der Waals surface area contributed by atoms with Crippen LogP contribution >= 0.6 is 38.5 Å². The Morgan fingerprint density at radius 2 is 2.06 bits per heavy atom. The number of amides is 1. The average molecular weight is 414 g/mol. The second-order valence-electron chi connectivity index (χ2n) is 4.38. The molecule has 1 N–H and O–H groups in total. The van der Waals surface area contributed by atoms with E-state index < -0.39 is 11.7 Å². The molecule has 6 heteroatoms. The van der Waals surface area contributed by atoms with Crippen molar-refractivity contribution < 1.29 is 14.7 Å². The molecule has 1 amide bonds. The molecule has 0 bridgehead atoms. The van der Waals surface area contributed by atoms with E-state index in [4.69, 9.17) is 4.84 Å². The largest absolute Gasteiger partial charge is 0.463 e. The third-order valence-electron chi connectivity index (χ3n) is 1.67. The van der Waals surface area contributed by atoms with Gasteiger partial charge in [0.05, 0.1) is 11.3 Å². The van der Waals surface area contributed by atoms with Gasteiger partial charge in [-0.05, 0) is 61.6 Å². The van der Waals surface area contributed by atoms with Crippen molar-refractivity contribution in [2.24, 2.45) is 0 Å². The highest BCUT2D eigenvalue weighted by molar-refractivity contribution is 14.1. The number of nitrogens with zero attached hydrogens (tertiary/aromatic N) is 1. The topological polar surface area (TPSA) is 49.8 Å². The Bertz CT molecular complexity index is 431. The fraction of sp³-hybridized carbons (Fsp3) is 0.364. The molecular weight excluding hydrogens is 401 g/mol. The van der Waals surface area contributed by atoms with Gasteiger partial charge in [0.2, 0.25) is 0 Å². The number of anilines is 1. The highest BCUT2D eigenvalue weighted by Crippen LogP contribution is 2.28. The summed E-state index contributed by atoms with van der Waals surface area (Å²) >= 11 is 5.39. The number of carbonyl (C=O) groups is 1. The quantitative estimate of drug-likeness (QED) is 0.581. The van der Waals surface area contributed by atoms with Crippen LogP contribution in [0.2, 0.25) is 0 Å². The van der Waals surface area contributed by atoms with E-state index in [0.29, 0.717) is 5.69 Å². The molecule has 0 aliphatic carbocycles. The van der Waals surface area contributed by atoms with E-state index in [1.165, 1.54) is 0 Å². The molecule has 0 unspecified atom stereocenters. The molecule has 1 aromatic rings. The van der Waals surface area contributed by atoms with Gasteiger partial charge in [-0.25, -0.2) is 4.79 Å². The van der Waals surface area contributed by atoms with Crippen molar-refractivity contribution in [3.8, 4) is 0 Å². The van der Waals surface area contributed by atoms with Crippen molar-refractivity contribution >= 4 is 50.3 Å². The van der Waals surface area contributed by atoms with Crippen molar-refractivity contribution in [1.29, 1.82) is 0 Å². The molecule has 0 atom stereocenters. The number of rotatable bonds is 2. The Labute approximate surface area is 122 Å². The second-order valence-corrected chi connectivity index (χ2v) is 6.45. The van der Waals surface area contributed by atoms with E-state index in [0.717, 1.165) is 13.1 Å². The van der Waals surface area contributed by atoms with Gasteiger partial charge in [-0.2, -0.15) is 5.06 Å². The monoisotopic (exact) mass is 413 g/mol. The van der Waals surface area contributed by atoms with Crippen molar-refractivity contribution in [3.63, 3.8) is 0 Å². The molecule has 0 aromatic heterocycles. The molecular formula is C11H13BrINO3. The molecule has 0 fully saturated rings. The summed E-state index contributed by atoms with van der Waals surface area (Å²) in [6.45, 7) is 5.40. The van der Waals surface area contributed by atoms with Crippen molar-refractivity contribution in [2.45, 2.75) is 26.4 Å². The average Bonchev–Trinajstić information content (AvgIpc) is 2.17. The van der Waals surface area contributed by atoms with Crippen LogP contribution in [0.1, 0.15) is 20.8 Å². The minimum atomic E-state index is -1.14. The maximum absolute atomic E-state index is 11.2. The zero-order chi connectivity index (χ0) is 13.2. The Balaban J connectivity index is 3.14. The number of hydroxylamine groups is 1. The maximum atomic E-state index is 11.2. The first kappa shape index (κ1) is 14.7. The van der Waals surface area contributed by atoms with E-state index in [1.807, 2.05) is 12.1 Å². The van der Waals surface area contributed by atoms with Gasteiger partial charge in [0.15, 0.2) is 0 Å². The number of benzene rings is 1. The smallest absolute Gasteiger partial charge is 0.436 e. The summed E-state index contributed by atoms with van der Waals surface area (Å²) in [6.07, 6.45) is -1.14. The van der Waals surface area contributed by atoms with Crippen LogP contribution in [0, 0.1) is 3.57 Å². The minimum Gasteiger partial charge on any atom is -0.463 e. The molecule has 0 heterocycles. The van der Waals surface area contributed by atoms with Crippen LogP contribution in [0.4, 0.5) is 10.5 Å². The maximum Gasteiger partial charge on any atom is 0.436 e. The van der Waals surface area contributed by atoms with Gasteiger partial charge in [-0.1, -0.05) is 15.9 Å². The van der Waals surface area contributed by atoms with Crippen molar-refractivity contribution in [1.82, 2.24) is 0 Å². The zero-order valence-corrected chi connectivity index (χ0v) is 13.4. The Hall–Kier alpha value is -0.340. The van der Waals surface area contributed by atoms with Crippen LogP contribution in [0.5, 0.6) is 0 Å². The summed E-state index contributed by atoms with van der Waals surface area (Å²) in [6, 6.07) is 5.38. The molecule has 94 valence electrons. The number of carboxylic acid groups (broad SMARTS) is 1. The van der Waals surface area contributed by atoms with Crippen molar-refractivity contribution in [3.05, 3.63) is 26.2 Å². The predicted octanol–water partition coefficient (Wildman–Crippen LogP) is 4.27. The van der Waals surface area contributed by atoms with E-state index in [9.17, 15) is 9.90 Å². The molecule has 0 saturated carbocycles. The van der Waals surface area contributed by atoms with Crippen molar-refractivity contribution in [2.75, 3.05) is 5.06 Å². The molecule has 17 heavy (non-hydrogen) atoms. The third-order valence-corrected chi connectivity index (χ3v) is 3.07. The summed E-state index contributed by atoms with van der Waals surface area (Å²) in [7, 11) is 0. The molecule has 0 spiro atoms. The first-order valence-corrected chi connectivity index (χ1v) is 6.75. The predicted molar refractivity (Wildman–Crippen MR) is 78.2 cm³/mol. The van der Waals surface area contributed by atoms with Crippen LogP contribution in [0.15, 0.2) is 22.7 Å². The summed E-state index contributed by atoms with van der Waals surface area (Å²) in [5, 5.41) is 10.1. The van der Waals surface area contributed by atoms with Gasteiger partial charge >= 0.3 is 6.09 Å². The van der Waals surface area contributed by atoms with Crippen LogP contribution < -0.4 is 5.06 Å². The fourth-order valence-corrected chi connectivity index (χ4v) is 2.01. The van der Waals surface area contributed by atoms with Gasteiger partial charge in [0, 0.05) is 8.04 Å². The fourth-order valence-electron chi connectivity index (χ4n) is 1.11. The summed E-state index contributed by atoms with van der Waals surface area (Å²) in [4.78, 5) is 16.7. The van der Waals surface area contributed by atoms with Gasteiger partial charge in [-0.3, -0.25) is 4.84 Å². The summed E-state index contributed by atoms with van der Waals surface area (Å²) in [5.41, 5.74) is -0.0774. The van der Waals surface area contributed by atoms with E-state index in [1.54, 1.807) is 26.8 Å². The second kappa shape index (κ2) is 5.53. The van der Waals surface area contributed by atoms with Crippen LogP contribution in [0.25, 0.3) is 0 Å². The summed E-state index contributed by atoms with van der Waals surface area (Å²) in [5.74, 6) is 0. The standard InChI is InChI=1S/C11H13BrINO3/c1-11(2,3)17-14(10(15)16)9-6-7(12)4-5-8(9)13/h4-6H,1-3H3,(H,15,16). The zero-order valence-electron chi connectivity index (χ0n) is 9.70. The number of halogens is 2. The Morgan fingerprint density at radius 1 is 1.47 bits per heavy atom. The van der Waals surface area contributed by atoms with Crippen LogP contribution in [-0.4, -0.2) is 16.8 Å². The lowest BCUT2D eigenvalue weighted by Gasteiger charge is -2.28. The SMILES string of the molecule is CC(C)(C)ON(C(=O)O)c1cc(Br)ccc1I.